The van der Waals surface area contributed by atoms with Crippen molar-refractivity contribution < 1.29 is 19.8 Å². The highest BCUT2D eigenvalue weighted by Gasteiger charge is 2.25. The average molecular weight is 294 g/mol. The number of amides is 2. The molecule has 0 bridgehead atoms. The smallest absolute Gasteiger partial charge is 0.328 e. The summed E-state index contributed by atoms with van der Waals surface area (Å²) in [4.78, 5) is 22.9. The summed E-state index contributed by atoms with van der Waals surface area (Å²) in [5, 5.41) is 23.3. The summed E-state index contributed by atoms with van der Waals surface area (Å²) in [7, 11) is 0. The van der Waals surface area contributed by atoms with Gasteiger partial charge in [-0.25, -0.2) is 9.59 Å². The SMILES string of the molecule is Cc1cccc(C(C)C)c1NC(=O)NC(C(=O)O)C(C)O. The van der Waals surface area contributed by atoms with Gasteiger partial charge in [-0.2, -0.15) is 0 Å². The number of carboxylic acids is 1. The molecule has 1 aromatic rings. The first kappa shape index (κ1) is 17.0. The number of aliphatic hydroxyl groups excluding tert-OH is 1. The van der Waals surface area contributed by atoms with E-state index < -0.39 is 24.1 Å². The second-order valence-corrected chi connectivity index (χ2v) is 5.35. The summed E-state index contributed by atoms with van der Waals surface area (Å²) in [5.74, 6) is -1.07. The fourth-order valence-corrected chi connectivity index (χ4v) is 2.02. The summed E-state index contributed by atoms with van der Waals surface area (Å²) in [6, 6.07) is 3.68. The van der Waals surface area contributed by atoms with Crippen LogP contribution in [-0.2, 0) is 4.79 Å². The number of urea groups is 1. The van der Waals surface area contributed by atoms with Gasteiger partial charge in [0.25, 0.3) is 0 Å². The van der Waals surface area contributed by atoms with Crippen LogP contribution >= 0.6 is 0 Å². The number of carbonyl (C=O) groups excluding carboxylic acids is 1. The molecule has 0 saturated carbocycles. The molecule has 0 aliphatic heterocycles. The number of carbonyl (C=O) groups is 2. The molecule has 6 heteroatoms. The predicted octanol–water partition coefficient (Wildman–Crippen LogP) is 2.07. The minimum atomic E-state index is -1.35. The van der Waals surface area contributed by atoms with Crippen molar-refractivity contribution in [1.82, 2.24) is 5.32 Å². The van der Waals surface area contributed by atoms with Gasteiger partial charge in [0.1, 0.15) is 0 Å². The van der Waals surface area contributed by atoms with Gasteiger partial charge in [-0.3, -0.25) is 0 Å². The molecule has 0 radical (unpaired) electrons. The lowest BCUT2D eigenvalue weighted by atomic mass is 9.98. The fourth-order valence-electron chi connectivity index (χ4n) is 2.02. The zero-order chi connectivity index (χ0) is 16.2. The Labute approximate surface area is 124 Å². The third kappa shape index (κ3) is 4.46. The maximum atomic E-state index is 12.0. The number of aliphatic hydroxyl groups is 1. The van der Waals surface area contributed by atoms with Crippen LogP contribution in [0.3, 0.4) is 0 Å². The van der Waals surface area contributed by atoms with Crippen LogP contribution < -0.4 is 10.6 Å². The van der Waals surface area contributed by atoms with Gasteiger partial charge < -0.3 is 20.8 Å². The van der Waals surface area contributed by atoms with Crippen LogP contribution in [0.2, 0.25) is 0 Å². The van der Waals surface area contributed by atoms with E-state index in [4.69, 9.17) is 5.11 Å². The van der Waals surface area contributed by atoms with E-state index in [1.165, 1.54) is 6.92 Å². The van der Waals surface area contributed by atoms with Gasteiger partial charge in [-0.1, -0.05) is 32.0 Å². The Morgan fingerprint density at radius 3 is 2.29 bits per heavy atom. The topological polar surface area (TPSA) is 98.7 Å². The molecule has 2 atom stereocenters. The summed E-state index contributed by atoms with van der Waals surface area (Å²) < 4.78 is 0. The van der Waals surface area contributed by atoms with E-state index in [0.717, 1.165) is 11.1 Å². The zero-order valence-corrected chi connectivity index (χ0v) is 12.7. The molecule has 0 fully saturated rings. The van der Waals surface area contributed by atoms with Crippen LogP contribution in [0.1, 0.15) is 37.8 Å². The maximum absolute atomic E-state index is 12.0. The zero-order valence-electron chi connectivity index (χ0n) is 12.7. The predicted molar refractivity (Wildman–Crippen MR) is 80.5 cm³/mol. The second kappa shape index (κ2) is 7.08. The number of benzene rings is 1. The third-order valence-corrected chi connectivity index (χ3v) is 3.20. The van der Waals surface area contributed by atoms with Crippen molar-refractivity contribution in [3.63, 3.8) is 0 Å². The number of nitrogens with one attached hydrogen (secondary N) is 2. The Hall–Kier alpha value is -2.08. The quantitative estimate of drug-likeness (QED) is 0.668. The molecule has 116 valence electrons. The van der Waals surface area contributed by atoms with Crippen molar-refractivity contribution in [2.24, 2.45) is 0 Å². The first-order valence-electron chi connectivity index (χ1n) is 6.82. The van der Waals surface area contributed by atoms with Crippen molar-refractivity contribution in [2.45, 2.75) is 45.8 Å². The molecule has 1 rings (SSSR count). The molecule has 0 spiro atoms. The van der Waals surface area contributed by atoms with E-state index in [2.05, 4.69) is 10.6 Å². The van der Waals surface area contributed by atoms with Crippen LogP contribution in [0.5, 0.6) is 0 Å². The molecule has 6 nitrogen and oxygen atoms in total. The molecular weight excluding hydrogens is 272 g/mol. The summed E-state index contributed by atoms with van der Waals surface area (Å²) >= 11 is 0. The summed E-state index contributed by atoms with van der Waals surface area (Å²) in [6.45, 7) is 7.19. The molecule has 0 saturated heterocycles. The van der Waals surface area contributed by atoms with Crippen molar-refractivity contribution in [3.05, 3.63) is 29.3 Å². The number of hydrogen-bond donors (Lipinski definition) is 4. The van der Waals surface area contributed by atoms with Crippen molar-refractivity contribution >= 4 is 17.7 Å². The number of hydrogen-bond acceptors (Lipinski definition) is 3. The normalized spacial score (nSPS) is 13.6. The highest BCUT2D eigenvalue weighted by Crippen LogP contribution is 2.27. The first-order chi connectivity index (χ1) is 9.73. The molecule has 21 heavy (non-hydrogen) atoms. The fraction of sp³-hybridized carbons (Fsp3) is 0.467. The second-order valence-electron chi connectivity index (χ2n) is 5.35. The molecule has 2 unspecified atom stereocenters. The molecule has 4 N–H and O–H groups in total. The number of para-hydroxylation sites is 1. The largest absolute Gasteiger partial charge is 0.480 e. The average Bonchev–Trinajstić information content (AvgIpc) is 2.37. The monoisotopic (exact) mass is 294 g/mol. The number of rotatable bonds is 5. The van der Waals surface area contributed by atoms with Crippen LogP contribution in [0.4, 0.5) is 10.5 Å². The van der Waals surface area contributed by atoms with Crippen molar-refractivity contribution in [1.29, 1.82) is 0 Å². The molecular formula is C15H22N2O4. The van der Waals surface area contributed by atoms with E-state index in [1.807, 2.05) is 39.0 Å². The van der Waals surface area contributed by atoms with E-state index in [-0.39, 0.29) is 5.92 Å². The minimum Gasteiger partial charge on any atom is -0.480 e. The molecule has 0 aromatic heterocycles. The summed E-state index contributed by atoms with van der Waals surface area (Å²) in [5.41, 5.74) is 2.52. The number of carboxylic acid groups (broad SMARTS) is 1. The van der Waals surface area contributed by atoms with Crippen molar-refractivity contribution in [3.8, 4) is 0 Å². The minimum absolute atomic E-state index is 0.215. The van der Waals surface area contributed by atoms with Gasteiger partial charge >= 0.3 is 12.0 Å². The highest BCUT2D eigenvalue weighted by atomic mass is 16.4. The van der Waals surface area contributed by atoms with Gasteiger partial charge in [-0.05, 0) is 30.9 Å². The Bertz CT molecular complexity index is 526. The van der Waals surface area contributed by atoms with E-state index in [1.54, 1.807) is 0 Å². The number of aliphatic carboxylic acids is 1. The van der Waals surface area contributed by atoms with Gasteiger partial charge in [0, 0.05) is 5.69 Å². The standard InChI is InChI=1S/C15H22N2O4/c1-8(2)11-7-5-6-9(3)12(11)16-15(21)17-13(10(4)18)14(19)20/h5-8,10,13,18H,1-4H3,(H,19,20)(H2,16,17,21). The Morgan fingerprint density at radius 1 is 1.19 bits per heavy atom. The lowest BCUT2D eigenvalue weighted by molar-refractivity contribution is -0.141. The van der Waals surface area contributed by atoms with E-state index in [9.17, 15) is 14.7 Å². The van der Waals surface area contributed by atoms with E-state index >= 15 is 0 Å². The van der Waals surface area contributed by atoms with Crippen molar-refractivity contribution in [2.75, 3.05) is 5.32 Å². The lowest BCUT2D eigenvalue weighted by Crippen LogP contribution is -2.49. The highest BCUT2D eigenvalue weighted by molar-refractivity contribution is 5.93. The van der Waals surface area contributed by atoms with Crippen LogP contribution in [0, 0.1) is 6.92 Å². The molecule has 0 heterocycles. The number of anilines is 1. The lowest BCUT2D eigenvalue weighted by Gasteiger charge is -2.20. The third-order valence-electron chi connectivity index (χ3n) is 3.20. The van der Waals surface area contributed by atoms with Crippen LogP contribution in [0.25, 0.3) is 0 Å². The van der Waals surface area contributed by atoms with Crippen LogP contribution in [-0.4, -0.2) is 34.4 Å². The van der Waals surface area contributed by atoms with Gasteiger partial charge in [0.2, 0.25) is 0 Å². The van der Waals surface area contributed by atoms with E-state index in [0.29, 0.717) is 5.69 Å². The summed E-state index contributed by atoms with van der Waals surface area (Å²) in [6.07, 6.45) is -1.19. The van der Waals surface area contributed by atoms with Gasteiger partial charge in [-0.15, -0.1) is 0 Å². The molecule has 2 amide bonds. The molecule has 0 aliphatic carbocycles. The van der Waals surface area contributed by atoms with Crippen LogP contribution in [0.15, 0.2) is 18.2 Å². The maximum Gasteiger partial charge on any atom is 0.328 e. The Kier molecular flexibility index (Phi) is 5.72. The molecule has 0 aliphatic rings. The number of aryl methyl sites for hydroxylation is 1. The Morgan fingerprint density at radius 2 is 1.81 bits per heavy atom. The Balaban J connectivity index is 2.91. The first-order valence-corrected chi connectivity index (χ1v) is 6.82. The van der Waals surface area contributed by atoms with Gasteiger partial charge in [0.05, 0.1) is 6.10 Å². The molecule has 1 aromatic carbocycles. The van der Waals surface area contributed by atoms with Gasteiger partial charge in [0.15, 0.2) is 6.04 Å².